The summed E-state index contributed by atoms with van der Waals surface area (Å²) in [6.45, 7) is 5.58. The van der Waals surface area contributed by atoms with Crippen molar-refractivity contribution in [3.63, 3.8) is 0 Å². The minimum absolute atomic E-state index is 0.138. The molecular formula is C15H19ClN2O3. The number of anilines is 2. The minimum Gasteiger partial charge on any atom is -0.461 e. The number of halogens is 1. The summed E-state index contributed by atoms with van der Waals surface area (Å²) in [6, 6.07) is 4.57. The van der Waals surface area contributed by atoms with Gasteiger partial charge in [0.2, 0.25) is 5.91 Å². The van der Waals surface area contributed by atoms with Crippen LogP contribution in [-0.4, -0.2) is 30.6 Å². The Kier molecular flexibility index (Phi) is 4.73. The van der Waals surface area contributed by atoms with Gasteiger partial charge in [-0.3, -0.25) is 9.69 Å². The Morgan fingerprint density at radius 3 is 2.81 bits per heavy atom. The number of nitrogens with zero attached hydrogens (tertiary/aromatic N) is 1. The van der Waals surface area contributed by atoms with Crippen LogP contribution in [0.1, 0.15) is 27.2 Å². The Morgan fingerprint density at radius 2 is 2.19 bits per heavy atom. The van der Waals surface area contributed by atoms with E-state index in [1.807, 2.05) is 6.92 Å². The summed E-state index contributed by atoms with van der Waals surface area (Å²) in [5.41, 5.74) is 1.40. The van der Waals surface area contributed by atoms with Crippen molar-refractivity contribution in [2.45, 2.75) is 39.3 Å². The first-order valence-electron chi connectivity index (χ1n) is 7.00. The summed E-state index contributed by atoms with van der Waals surface area (Å²) in [4.78, 5) is 26.0. The molecule has 0 aromatic heterocycles. The average Bonchev–Trinajstić information content (AvgIpc) is 2.41. The molecule has 0 saturated carbocycles. The van der Waals surface area contributed by atoms with Crippen molar-refractivity contribution in [3.05, 3.63) is 23.2 Å². The van der Waals surface area contributed by atoms with Crippen LogP contribution in [0.5, 0.6) is 0 Å². The largest absolute Gasteiger partial charge is 0.461 e. The molecule has 1 aromatic rings. The summed E-state index contributed by atoms with van der Waals surface area (Å²) < 4.78 is 5.26. The van der Waals surface area contributed by atoms with Crippen LogP contribution in [0.25, 0.3) is 0 Å². The molecule has 1 aromatic carbocycles. The van der Waals surface area contributed by atoms with Crippen molar-refractivity contribution in [3.8, 4) is 0 Å². The summed E-state index contributed by atoms with van der Waals surface area (Å²) in [6.07, 6.45) is 0.272. The maximum Gasteiger partial charge on any atom is 0.329 e. The molecule has 2 rings (SSSR count). The molecule has 0 saturated heterocycles. The Balaban J connectivity index is 2.37. The standard InChI is InChI=1S/C15H19ClN2O3/c1-4-12(15(20)21-9(2)3)18-13-6-5-10(16)7-11(13)17-8-14(18)19/h5-7,9,12,17H,4,8H2,1-3H3. The number of hydrogen-bond acceptors (Lipinski definition) is 4. The second-order valence-corrected chi connectivity index (χ2v) is 5.62. The van der Waals surface area contributed by atoms with Gasteiger partial charge in [0.05, 0.1) is 24.0 Å². The first-order chi connectivity index (χ1) is 9.93. The van der Waals surface area contributed by atoms with E-state index in [0.29, 0.717) is 17.1 Å². The van der Waals surface area contributed by atoms with Gasteiger partial charge in [0.25, 0.3) is 0 Å². The van der Waals surface area contributed by atoms with Gasteiger partial charge in [0.15, 0.2) is 0 Å². The second kappa shape index (κ2) is 6.35. The van der Waals surface area contributed by atoms with Gasteiger partial charge < -0.3 is 10.1 Å². The van der Waals surface area contributed by atoms with Gasteiger partial charge >= 0.3 is 5.97 Å². The molecule has 0 spiro atoms. The third-order valence-electron chi connectivity index (χ3n) is 3.24. The van der Waals surface area contributed by atoms with Gasteiger partial charge in [-0.15, -0.1) is 0 Å². The highest BCUT2D eigenvalue weighted by molar-refractivity contribution is 6.31. The fourth-order valence-electron chi connectivity index (χ4n) is 2.36. The van der Waals surface area contributed by atoms with Crippen molar-refractivity contribution in [1.82, 2.24) is 0 Å². The molecule has 114 valence electrons. The number of carbonyl (C=O) groups excluding carboxylic acids is 2. The van der Waals surface area contributed by atoms with E-state index in [0.717, 1.165) is 5.69 Å². The molecule has 21 heavy (non-hydrogen) atoms. The average molecular weight is 311 g/mol. The summed E-state index contributed by atoms with van der Waals surface area (Å²) in [7, 11) is 0. The highest BCUT2D eigenvalue weighted by atomic mass is 35.5. The molecule has 0 bridgehead atoms. The minimum atomic E-state index is -0.623. The van der Waals surface area contributed by atoms with Crippen LogP contribution in [0.15, 0.2) is 18.2 Å². The van der Waals surface area contributed by atoms with Crippen LogP contribution in [0.2, 0.25) is 5.02 Å². The quantitative estimate of drug-likeness (QED) is 0.869. The molecule has 0 fully saturated rings. The predicted octanol–water partition coefficient (Wildman–Crippen LogP) is 2.83. The van der Waals surface area contributed by atoms with E-state index in [2.05, 4.69) is 5.32 Å². The van der Waals surface area contributed by atoms with Crippen LogP contribution < -0.4 is 10.2 Å². The van der Waals surface area contributed by atoms with Gasteiger partial charge in [-0.25, -0.2) is 4.79 Å². The number of fused-ring (bicyclic) bond motifs is 1. The smallest absolute Gasteiger partial charge is 0.329 e. The van der Waals surface area contributed by atoms with Gasteiger partial charge in [0, 0.05) is 5.02 Å². The predicted molar refractivity (Wildman–Crippen MR) is 82.7 cm³/mol. The SMILES string of the molecule is CCC(C(=O)OC(C)C)N1C(=O)CNc2cc(Cl)ccc21. The number of rotatable bonds is 4. The van der Waals surface area contributed by atoms with Gasteiger partial charge in [-0.05, 0) is 38.5 Å². The number of amides is 1. The molecule has 1 amide bonds. The third kappa shape index (κ3) is 3.29. The Labute approximate surface area is 129 Å². The first-order valence-corrected chi connectivity index (χ1v) is 7.37. The number of carbonyl (C=O) groups is 2. The fourth-order valence-corrected chi connectivity index (χ4v) is 2.53. The van der Waals surface area contributed by atoms with Gasteiger partial charge in [0.1, 0.15) is 6.04 Å². The molecule has 1 aliphatic rings. The molecule has 0 aliphatic carbocycles. The highest BCUT2D eigenvalue weighted by Crippen LogP contribution is 2.34. The van der Waals surface area contributed by atoms with E-state index in [9.17, 15) is 9.59 Å². The lowest BCUT2D eigenvalue weighted by Crippen LogP contribution is -2.50. The zero-order valence-corrected chi connectivity index (χ0v) is 13.1. The van der Waals surface area contributed by atoms with E-state index in [1.54, 1.807) is 32.0 Å². The molecule has 0 radical (unpaired) electrons. The number of hydrogen-bond donors (Lipinski definition) is 1. The number of esters is 1. The van der Waals surface area contributed by atoms with Gasteiger partial charge in [-0.1, -0.05) is 18.5 Å². The van der Waals surface area contributed by atoms with Crippen molar-refractivity contribution in [2.75, 3.05) is 16.8 Å². The molecule has 6 heteroatoms. The molecule has 1 atom stereocenters. The van der Waals surface area contributed by atoms with E-state index in [1.165, 1.54) is 4.90 Å². The van der Waals surface area contributed by atoms with E-state index >= 15 is 0 Å². The van der Waals surface area contributed by atoms with Crippen LogP contribution in [0.4, 0.5) is 11.4 Å². The van der Waals surface area contributed by atoms with Crippen LogP contribution in [0, 0.1) is 0 Å². The van der Waals surface area contributed by atoms with Crippen LogP contribution >= 0.6 is 11.6 Å². The zero-order valence-electron chi connectivity index (χ0n) is 12.4. The summed E-state index contributed by atoms with van der Waals surface area (Å²) >= 11 is 5.97. The van der Waals surface area contributed by atoms with E-state index in [-0.39, 0.29) is 24.5 Å². The Morgan fingerprint density at radius 1 is 1.48 bits per heavy atom. The van der Waals surface area contributed by atoms with E-state index in [4.69, 9.17) is 16.3 Å². The molecule has 1 aliphatic heterocycles. The summed E-state index contributed by atoms with van der Waals surface area (Å²) in [5.74, 6) is -0.541. The van der Waals surface area contributed by atoms with E-state index < -0.39 is 6.04 Å². The van der Waals surface area contributed by atoms with Crippen molar-refractivity contribution in [1.29, 1.82) is 0 Å². The fraction of sp³-hybridized carbons (Fsp3) is 0.467. The Bertz CT molecular complexity index is 560. The second-order valence-electron chi connectivity index (χ2n) is 5.19. The summed E-state index contributed by atoms with van der Waals surface area (Å²) in [5, 5.41) is 3.59. The monoisotopic (exact) mass is 310 g/mol. The lowest BCUT2D eigenvalue weighted by molar-refractivity contribution is -0.150. The van der Waals surface area contributed by atoms with Crippen LogP contribution in [0.3, 0.4) is 0 Å². The van der Waals surface area contributed by atoms with Crippen molar-refractivity contribution in [2.24, 2.45) is 0 Å². The lowest BCUT2D eigenvalue weighted by atomic mass is 10.1. The molecule has 1 heterocycles. The number of nitrogens with one attached hydrogen (secondary N) is 1. The van der Waals surface area contributed by atoms with Crippen molar-refractivity contribution < 1.29 is 14.3 Å². The molecular weight excluding hydrogens is 292 g/mol. The van der Waals surface area contributed by atoms with Crippen molar-refractivity contribution >= 4 is 34.9 Å². The van der Waals surface area contributed by atoms with Crippen LogP contribution in [-0.2, 0) is 14.3 Å². The molecule has 5 nitrogen and oxygen atoms in total. The topological polar surface area (TPSA) is 58.6 Å². The lowest BCUT2D eigenvalue weighted by Gasteiger charge is -2.35. The number of benzene rings is 1. The first kappa shape index (κ1) is 15.6. The maximum absolute atomic E-state index is 12.3. The molecule has 1 unspecified atom stereocenters. The highest BCUT2D eigenvalue weighted by Gasteiger charge is 2.35. The third-order valence-corrected chi connectivity index (χ3v) is 3.47. The van der Waals surface area contributed by atoms with Gasteiger partial charge in [-0.2, -0.15) is 0 Å². The Hall–Kier alpha value is -1.75. The molecule has 1 N–H and O–H groups in total. The zero-order chi connectivity index (χ0) is 15.6. The maximum atomic E-state index is 12.3. The number of ether oxygens (including phenoxy) is 1. The normalized spacial score (nSPS) is 15.5.